The van der Waals surface area contributed by atoms with Gasteiger partial charge in [0.2, 0.25) is 0 Å². The first-order valence-electron chi connectivity index (χ1n) is 6.11. The van der Waals surface area contributed by atoms with Gasteiger partial charge in [-0.05, 0) is 37.1 Å². The van der Waals surface area contributed by atoms with E-state index >= 15 is 0 Å². The molecule has 0 saturated heterocycles. The normalized spacial score (nSPS) is 12.5. The maximum Gasteiger partial charge on any atom is 0.142 e. The van der Waals surface area contributed by atoms with Crippen LogP contribution < -0.4 is 11.3 Å². The van der Waals surface area contributed by atoms with Gasteiger partial charge in [0.25, 0.3) is 0 Å². The standard InChI is InChI=1S/C15H15ClF2N2/c1-8-3-4-10(9(2)5-8)15(20-19)11-6-14(18)12(16)7-13(11)17/h3-7,15,20H,19H2,1-2H3. The zero-order chi connectivity index (χ0) is 14.9. The second-order valence-corrected chi connectivity index (χ2v) is 5.15. The van der Waals surface area contributed by atoms with E-state index in [9.17, 15) is 8.78 Å². The highest BCUT2D eigenvalue weighted by Crippen LogP contribution is 2.29. The summed E-state index contributed by atoms with van der Waals surface area (Å²) in [5.74, 6) is 4.26. The molecule has 0 aromatic heterocycles. The fourth-order valence-electron chi connectivity index (χ4n) is 2.26. The Morgan fingerprint density at radius 1 is 1.05 bits per heavy atom. The molecule has 2 rings (SSSR count). The van der Waals surface area contributed by atoms with Gasteiger partial charge in [0.05, 0.1) is 11.1 Å². The number of hydrogen-bond donors (Lipinski definition) is 2. The lowest BCUT2D eigenvalue weighted by molar-refractivity contribution is 0.545. The van der Waals surface area contributed by atoms with Crippen molar-refractivity contribution < 1.29 is 8.78 Å². The number of hydrazine groups is 1. The van der Waals surface area contributed by atoms with Gasteiger partial charge in [-0.1, -0.05) is 35.4 Å². The minimum absolute atomic E-state index is 0.126. The maximum absolute atomic E-state index is 14.0. The van der Waals surface area contributed by atoms with Crippen molar-refractivity contribution in [3.05, 3.63) is 69.2 Å². The molecule has 0 aliphatic heterocycles. The van der Waals surface area contributed by atoms with Crippen LogP contribution >= 0.6 is 11.6 Å². The van der Waals surface area contributed by atoms with E-state index in [1.807, 2.05) is 32.0 Å². The van der Waals surface area contributed by atoms with Crippen LogP contribution in [0.15, 0.2) is 30.3 Å². The van der Waals surface area contributed by atoms with Gasteiger partial charge in [-0.25, -0.2) is 14.2 Å². The summed E-state index contributed by atoms with van der Waals surface area (Å²) in [5, 5.41) is -0.248. The first-order chi connectivity index (χ1) is 9.43. The Morgan fingerprint density at radius 3 is 2.35 bits per heavy atom. The van der Waals surface area contributed by atoms with Crippen LogP contribution in [0.3, 0.4) is 0 Å². The largest absolute Gasteiger partial charge is 0.271 e. The van der Waals surface area contributed by atoms with E-state index in [1.165, 1.54) is 0 Å². The van der Waals surface area contributed by atoms with E-state index in [0.717, 1.165) is 28.8 Å². The third-order valence-corrected chi connectivity index (χ3v) is 3.54. The van der Waals surface area contributed by atoms with Crippen LogP contribution in [0, 0.1) is 25.5 Å². The lowest BCUT2D eigenvalue weighted by atomic mass is 9.94. The highest BCUT2D eigenvalue weighted by atomic mass is 35.5. The van der Waals surface area contributed by atoms with Crippen molar-refractivity contribution in [1.29, 1.82) is 0 Å². The summed E-state index contributed by atoms with van der Waals surface area (Å²) in [5.41, 5.74) is 5.48. The molecule has 0 heterocycles. The number of benzene rings is 2. The lowest BCUT2D eigenvalue weighted by Crippen LogP contribution is -2.30. The smallest absolute Gasteiger partial charge is 0.142 e. The summed E-state index contributed by atoms with van der Waals surface area (Å²) >= 11 is 5.57. The topological polar surface area (TPSA) is 38.0 Å². The molecule has 0 bridgehead atoms. The number of halogens is 3. The average molecular weight is 297 g/mol. The summed E-state index contributed by atoms with van der Waals surface area (Å²) in [6.07, 6.45) is 0. The Morgan fingerprint density at radius 2 is 1.75 bits per heavy atom. The Bertz CT molecular complexity index is 644. The molecule has 106 valence electrons. The molecule has 2 nitrogen and oxygen atoms in total. The minimum Gasteiger partial charge on any atom is -0.271 e. The van der Waals surface area contributed by atoms with Crippen LogP contribution in [-0.4, -0.2) is 0 Å². The molecule has 0 amide bonds. The number of nitrogens with two attached hydrogens (primary N) is 1. The van der Waals surface area contributed by atoms with Crippen molar-refractivity contribution in [2.45, 2.75) is 19.9 Å². The molecule has 3 N–H and O–H groups in total. The molecule has 0 fully saturated rings. The third-order valence-electron chi connectivity index (χ3n) is 3.25. The highest BCUT2D eigenvalue weighted by molar-refractivity contribution is 6.30. The Hall–Kier alpha value is -1.49. The quantitative estimate of drug-likeness (QED) is 0.514. The molecule has 0 aliphatic carbocycles. The van der Waals surface area contributed by atoms with E-state index in [0.29, 0.717) is 0 Å². The van der Waals surface area contributed by atoms with Gasteiger partial charge in [-0.15, -0.1) is 0 Å². The number of rotatable bonds is 3. The van der Waals surface area contributed by atoms with Crippen molar-refractivity contribution >= 4 is 11.6 Å². The Balaban J connectivity index is 2.55. The van der Waals surface area contributed by atoms with E-state index in [4.69, 9.17) is 17.4 Å². The van der Waals surface area contributed by atoms with Crippen LogP contribution in [0.5, 0.6) is 0 Å². The van der Waals surface area contributed by atoms with Crippen molar-refractivity contribution in [2.75, 3.05) is 0 Å². The van der Waals surface area contributed by atoms with Gasteiger partial charge in [0.1, 0.15) is 11.6 Å². The minimum atomic E-state index is -0.673. The van der Waals surface area contributed by atoms with Crippen LogP contribution in [0.1, 0.15) is 28.3 Å². The number of hydrogen-bond acceptors (Lipinski definition) is 2. The fraction of sp³-hybridized carbons (Fsp3) is 0.200. The van der Waals surface area contributed by atoms with Gasteiger partial charge in [0.15, 0.2) is 0 Å². The fourth-order valence-corrected chi connectivity index (χ4v) is 2.41. The Labute approximate surface area is 121 Å². The molecule has 0 spiro atoms. The second-order valence-electron chi connectivity index (χ2n) is 4.75. The van der Waals surface area contributed by atoms with Crippen LogP contribution in [-0.2, 0) is 0 Å². The first-order valence-corrected chi connectivity index (χ1v) is 6.49. The van der Waals surface area contributed by atoms with Gasteiger partial charge < -0.3 is 0 Å². The monoisotopic (exact) mass is 296 g/mol. The SMILES string of the molecule is Cc1ccc(C(NN)c2cc(F)c(Cl)cc2F)c(C)c1. The van der Waals surface area contributed by atoms with Crippen molar-refractivity contribution in [3.63, 3.8) is 0 Å². The molecule has 0 aliphatic rings. The molecule has 2 aromatic rings. The summed E-state index contributed by atoms with van der Waals surface area (Å²) < 4.78 is 27.6. The predicted octanol–water partition coefficient (Wildman–Crippen LogP) is 3.79. The molecule has 0 radical (unpaired) electrons. The van der Waals surface area contributed by atoms with Crippen molar-refractivity contribution in [2.24, 2.45) is 5.84 Å². The predicted molar refractivity (Wildman–Crippen MR) is 76.5 cm³/mol. The maximum atomic E-state index is 14.0. The van der Waals surface area contributed by atoms with Gasteiger partial charge >= 0.3 is 0 Å². The van der Waals surface area contributed by atoms with E-state index in [2.05, 4.69) is 5.43 Å². The van der Waals surface area contributed by atoms with Crippen LogP contribution in [0.2, 0.25) is 5.02 Å². The number of aryl methyl sites for hydroxylation is 2. The average Bonchev–Trinajstić information content (AvgIpc) is 2.38. The summed E-state index contributed by atoms with van der Waals surface area (Å²) in [7, 11) is 0. The summed E-state index contributed by atoms with van der Waals surface area (Å²) in [6.45, 7) is 3.86. The molecular weight excluding hydrogens is 282 g/mol. The Kier molecular flexibility index (Phi) is 4.38. The second kappa shape index (κ2) is 5.87. The summed E-state index contributed by atoms with van der Waals surface area (Å²) in [6, 6.07) is 7.10. The van der Waals surface area contributed by atoms with Crippen molar-refractivity contribution in [3.8, 4) is 0 Å². The van der Waals surface area contributed by atoms with Gasteiger partial charge in [-0.3, -0.25) is 5.84 Å². The summed E-state index contributed by atoms with van der Waals surface area (Å²) in [4.78, 5) is 0. The third kappa shape index (κ3) is 2.82. The lowest BCUT2D eigenvalue weighted by Gasteiger charge is -2.20. The van der Waals surface area contributed by atoms with Crippen LogP contribution in [0.4, 0.5) is 8.78 Å². The number of nitrogens with one attached hydrogen (secondary N) is 1. The molecule has 2 aromatic carbocycles. The molecule has 1 atom stereocenters. The van der Waals surface area contributed by atoms with Crippen molar-refractivity contribution in [1.82, 2.24) is 5.43 Å². The molecule has 1 unspecified atom stereocenters. The molecular formula is C15H15ClF2N2. The van der Waals surface area contributed by atoms with Gasteiger partial charge in [-0.2, -0.15) is 0 Å². The zero-order valence-electron chi connectivity index (χ0n) is 11.2. The van der Waals surface area contributed by atoms with E-state index in [-0.39, 0.29) is 10.6 Å². The van der Waals surface area contributed by atoms with E-state index < -0.39 is 17.7 Å². The van der Waals surface area contributed by atoms with Gasteiger partial charge in [0, 0.05) is 5.56 Å². The molecule has 5 heteroatoms. The first kappa shape index (κ1) is 14.9. The van der Waals surface area contributed by atoms with Crippen LogP contribution in [0.25, 0.3) is 0 Å². The zero-order valence-corrected chi connectivity index (χ0v) is 11.9. The highest BCUT2D eigenvalue weighted by Gasteiger charge is 2.20. The van der Waals surface area contributed by atoms with E-state index in [1.54, 1.807) is 0 Å². The molecule has 0 saturated carbocycles. The molecule has 20 heavy (non-hydrogen) atoms.